The fourth-order valence-electron chi connectivity index (χ4n) is 2.21. The van der Waals surface area contributed by atoms with Crippen molar-refractivity contribution in [1.82, 2.24) is 0 Å². The summed E-state index contributed by atoms with van der Waals surface area (Å²) in [7, 11) is 0. The number of fused-ring (bicyclic) bond motifs is 2. The van der Waals surface area contributed by atoms with Crippen molar-refractivity contribution in [2.75, 3.05) is 0 Å². The molecule has 0 spiro atoms. The Morgan fingerprint density at radius 1 is 1.06 bits per heavy atom. The molecule has 0 atom stereocenters. The van der Waals surface area contributed by atoms with Gasteiger partial charge in [0.25, 0.3) is 0 Å². The van der Waals surface area contributed by atoms with Gasteiger partial charge in [-0.2, -0.15) is 0 Å². The molecule has 3 aromatic rings. The van der Waals surface area contributed by atoms with Gasteiger partial charge in [0.2, 0.25) is 5.43 Å². The summed E-state index contributed by atoms with van der Waals surface area (Å²) >= 11 is 0. The molecule has 3 rings (SSSR count). The topological polar surface area (TPSA) is 50.4 Å². The van der Waals surface area contributed by atoms with E-state index in [9.17, 15) is 9.90 Å². The third kappa shape index (κ3) is 1.40. The van der Waals surface area contributed by atoms with Crippen molar-refractivity contribution in [3.05, 3.63) is 51.7 Å². The highest BCUT2D eigenvalue weighted by Crippen LogP contribution is 2.26. The van der Waals surface area contributed by atoms with Crippen molar-refractivity contribution in [2.45, 2.75) is 13.8 Å². The van der Waals surface area contributed by atoms with E-state index in [1.54, 1.807) is 25.1 Å². The van der Waals surface area contributed by atoms with Crippen LogP contribution in [0.15, 0.2) is 39.5 Å². The quantitative estimate of drug-likeness (QED) is 0.613. The van der Waals surface area contributed by atoms with Gasteiger partial charge in [0.05, 0.1) is 10.8 Å². The molecular weight excluding hydrogens is 228 g/mol. The SMILES string of the molecule is Cc1ccc2oc3ccc(O)c(C)c3c(=O)c2c1. The second-order valence-electron chi connectivity index (χ2n) is 4.51. The number of aryl methyl sites for hydroxylation is 2. The number of phenols is 1. The molecule has 0 aliphatic heterocycles. The molecule has 1 heterocycles. The van der Waals surface area contributed by atoms with E-state index < -0.39 is 0 Å². The van der Waals surface area contributed by atoms with E-state index in [0.29, 0.717) is 27.5 Å². The Morgan fingerprint density at radius 3 is 2.56 bits per heavy atom. The molecule has 1 aromatic heterocycles. The second-order valence-corrected chi connectivity index (χ2v) is 4.51. The van der Waals surface area contributed by atoms with E-state index in [1.165, 1.54) is 0 Å². The summed E-state index contributed by atoms with van der Waals surface area (Å²) in [5.41, 5.74) is 2.55. The maximum atomic E-state index is 12.4. The molecule has 2 aromatic carbocycles. The van der Waals surface area contributed by atoms with Gasteiger partial charge in [-0.1, -0.05) is 11.6 Å². The Kier molecular flexibility index (Phi) is 2.17. The summed E-state index contributed by atoms with van der Waals surface area (Å²) in [6.45, 7) is 3.65. The summed E-state index contributed by atoms with van der Waals surface area (Å²) in [6, 6.07) is 8.68. The van der Waals surface area contributed by atoms with Crippen molar-refractivity contribution in [1.29, 1.82) is 0 Å². The smallest absolute Gasteiger partial charge is 0.200 e. The molecule has 0 saturated heterocycles. The maximum absolute atomic E-state index is 12.4. The fraction of sp³-hybridized carbons (Fsp3) is 0.133. The minimum atomic E-state index is -0.0941. The molecule has 0 bridgehead atoms. The highest BCUT2D eigenvalue weighted by Gasteiger charge is 2.11. The van der Waals surface area contributed by atoms with Gasteiger partial charge in [-0.15, -0.1) is 0 Å². The maximum Gasteiger partial charge on any atom is 0.200 e. The average Bonchev–Trinajstić information content (AvgIpc) is 2.35. The molecule has 0 aliphatic carbocycles. The summed E-state index contributed by atoms with van der Waals surface area (Å²) in [4.78, 5) is 12.4. The monoisotopic (exact) mass is 240 g/mol. The lowest BCUT2D eigenvalue weighted by molar-refractivity contribution is 0.471. The molecule has 1 N–H and O–H groups in total. The molecule has 0 aliphatic rings. The first-order valence-corrected chi connectivity index (χ1v) is 5.73. The van der Waals surface area contributed by atoms with E-state index >= 15 is 0 Å². The van der Waals surface area contributed by atoms with Crippen molar-refractivity contribution < 1.29 is 9.52 Å². The number of rotatable bonds is 0. The zero-order chi connectivity index (χ0) is 12.9. The number of aromatic hydroxyl groups is 1. The Morgan fingerprint density at radius 2 is 1.78 bits per heavy atom. The zero-order valence-electron chi connectivity index (χ0n) is 10.2. The first-order chi connectivity index (χ1) is 8.58. The van der Waals surface area contributed by atoms with Crippen LogP contribution < -0.4 is 5.43 Å². The molecule has 0 amide bonds. The summed E-state index contributed by atoms with van der Waals surface area (Å²) in [5.74, 6) is 0.113. The Hall–Kier alpha value is -2.29. The zero-order valence-corrected chi connectivity index (χ0v) is 10.2. The second kappa shape index (κ2) is 3.60. The lowest BCUT2D eigenvalue weighted by Crippen LogP contribution is -2.04. The molecule has 0 unspecified atom stereocenters. The van der Waals surface area contributed by atoms with Crippen LogP contribution in [-0.4, -0.2) is 5.11 Å². The number of hydrogen-bond donors (Lipinski definition) is 1. The van der Waals surface area contributed by atoms with Crippen LogP contribution >= 0.6 is 0 Å². The van der Waals surface area contributed by atoms with Crippen molar-refractivity contribution >= 4 is 21.9 Å². The minimum Gasteiger partial charge on any atom is -0.508 e. The molecule has 90 valence electrons. The van der Waals surface area contributed by atoms with Gasteiger partial charge in [0.15, 0.2) is 0 Å². The van der Waals surface area contributed by atoms with Gasteiger partial charge in [-0.25, -0.2) is 0 Å². The van der Waals surface area contributed by atoms with E-state index in [4.69, 9.17) is 4.42 Å². The first-order valence-electron chi connectivity index (χ1n) is 5.73. The standard InChI is InChI=1S/C15H12O3/c1-8-3-5-12-10(7-8)15(17)14-9(2)11(16)4-6-13(14)18-12/h3-7,16H,1-2H3. The van der Waals surface area contributed by atoms with Gasteiger partial charge in [-0.05, 0) is 38.1 Å². The van der Waals surface area contributed by atoms with Gasteiger partial charge in [0, 0.05) is 5.56 Å². The summed E-state index contributed by atoms with van der Waals surface area (Å²) < 4.78 is 5.71. The van der Waals surface area contributed by atoms with Gasteiger partial charge >= 0.3 is 0 Å². The molecule has 0 saturated carbocycles. The lowest BCUT2D eigenvalue weighted by Gasteiger charge is -2.05. The van der Waals surface area contributed by atoms with Crippen molar-refractivity contribution in [3.8, 4) is 5.75 Å². The minimum absolute atomic E-state index is 0.0941. The van der Waals surface area contributed by atoms with Crippen molar-refractivity contribution in [2.24, 2.45) is 0 Å². The Balaban J connectivity index is 2.62. The first kappa shape index (κ1) is 10.8. The van der Waals surface area contributed by atoms with E-state index in [1.807, 2.05) is 19.1 Å². The predicted molar refractivity (Wildman–Crippen MR) is 71.1 cm³/mol. The highest BCUT2D eigenvalue weighted by atomic mass is 16.3. The highest BCUT2D eigenvalue weighted by molar-refractivity contribution is 5.92. The van der Waals surface area contributed by atoms with Crippen LogP contribution in [0.1, 0.15) is 11.1 Å². The van der Waals surface area contributed by atoms with Crippen LogP contribution in [-0.2, 0) is 0 Å². The van der Waals surface area contributed by atoms with Crippen LogP contribution in [0.4, 0.5) is 0 Å². The third-order valence-electron chi connectivity index (χ3n) is 3.22. The predicted octanol–water partition coefficient (Wildman–Crippen LogP) is 3.27. The molecule has 0 fully saturated rings. The van der Waals surface area contributed by atoms with Crippen LogP contribution in [0.25, 0.3) is 21.9 Å². The molecule has 18 heavy (non-hydrogen) atoms. The van der Waals surface area contributed by atoms with E-state index in [-0.39, 0.29) is 11.2 Å². The van der Waals surface area contributed by atoms with Crippen LogP contribution in [0, 0.1) is 13.8 Å². The van der Waals surface area contributed by atoms with Gasteiger partial charge < -0.3 is 9.52 Å². The molecule has 0 radical (unpaired) electrons. The fourth-order valence-corrected chi connectivity index (χ4v) is 2.21. The van der Waals surface area contributed by atoms with Crippen LogP contribution in [0.5, 0.6) is 5.75 Å². The number of benzene rings is 2. The van der Waals surface area contributed by atoms with Gasteiger partial charge in [-0.3, -0.25) is 4.79 Å². The normalized spacial score (nSPS) is 11.2. The third-order valence-corrected chi connectivity index (χ3v) is 3.22. The lowest BCUT2D eigenvalue weighted by atomic mass is 10.1. The van der Waals surface area contributed by atoms with Gasteiger partial charge in [0.1, 0.15) is 16.9 Å². The molecular formula is C15H12O3. The Labute approximate surface area is 103 Å². The average molecular weight is 240 g/mol. The number of phenolic OH excluding ortho intramolecular Hbond substituents is 1. The van der Waals surface area contributed by atoms with Crippen LogP contribution in [0.2, 0.25) is 0 Å². The molecule has 3 nitrogen and oxygen atoms in total. The van der Waals surface area contributed by atoms with Crippen molar-refractivity contribution in [3.63, 3.8) is 0 Å². The molecule has 3 heteroatoms. The summed E-state index contributed by atoms with van der Waals surface area (Å²) in [6.07, 6.45) is 0. The summed E-state index contributed by atoms with van der Waals surface area (Å²) in [5, 5.41) is 10.7. The number of hydrogen-bond acceptors (Lipinski definition) is 3. The Bertz CT molecular complexity index is 828. The largest absolute Gasteiger partial charge is 0.508 e. The van der Waals surface area contributed by atoms with Crippen LogP contribution in [0.3, 0.4) is 0 Å². The van der Waals surface area contributed by atoms with E-state index in [2.05, 4.69) is 0 Å². The van der Waals surface area contributed by atoms with E-state index in [0.717, 1.165) is 5.56 Å².